The highest BCUT2D eigenvalue weighted by Crippen LogP contribution is 2.52. The molecule has 1 N–H and O–H groups in total. The maximum atomic E-state index is 13.9. The zero-order chi connectivity index (χ0) is 31.6. The van der Waals surface area contributed by atoms with E-state index in [0.717, 1.165) is 27.9 Å². The number of esters is 2. The molecule has 0 saturated carbocycles. The zero-order valence-electron chi connectivity index (χ0n) is 25.4. The molecule has 0 aromatic heterocycles. The Bertz CT molecular complexity index is 1820. The minimum Gasteiger partial charge on any atom is -0.465 e. The van der Waals surface area contributed by atoms with Crippen molar-refractivity contribution < 1.29 is 23.9 Å². The Labute approximate surface area is 261 Å². The first kappa shape index (κ1) is 29.3. The first-order valence-corrected chi connectivity index (χ1v) is 14.4. The molecule has 2 aliphatic rings. The lowest BCUT2D eigenvalue weighted by atomic mass is 10.0. The van der Waals surface area contributed by atoms with Gasteiger partial charge in [-0.1, -0.05) is 96.1 Å². The number of amidine groups is 1. The van der Waals surface area contributed by atoms with Crippen molar-refractivity contribution in [1.82, 2.24) is 5.06 Å². The van der Waals surface area contributed by atoms with Crippen molar-refractivity contribution in [2.45, 2.75) is 19.6 Å². The topological polar surface area (TPSA) is 92.7 Å². The number of hydrogen-bond donors (Lipinski definition) is 1. The molecule has 45 heavy (non-hydrogen) atoms. The van der Waals surface area contributed by atoms with E-state index in [-0.39, 0.29) is 11.3 Å². The molecular formula is C36H32N4O5. The summed E-state index contributed by atoms with van der Waals surface area (Å²) in [7, 11) is 2.48. The number of nitrogens with zero attached hydrogens (tertiary/aromatic N) is 3. The molecule has 0 fully saturated rings. The van der Waals surface area contributed by atoms with Gasteiger partial charge in [0.25, 0.3) is 11.5 Å². The van der Waals surface area contributed by atoms with Crippen LogP contribution in [0.1, 0.15) is 22.3 Å². The second-order valence-corrected chi connectivity index (χ2v) is 10.6. The Morgan fingerprint density at radius 1 is 0.756 bits per heavy atom. The van der Waals surface area contributed by atoms with Crippen LogP contribution in [0.2, 0.25) is 0 Å². The van der Waals surface area contributed by atoms with Crippen LogP contribution in [0.25, 0.3) is 5.70 Å². The van der Waals surface area contributed by atoms with Gasteiger partial charge in [-0.2, -0.15) is 5.06 Å². The van der Waals surface area contributed by atoms with Crippen molar-refractivity contribution in [3.05, 3.63) is 149 Å². The Balaban J connectivity index is 1.69. The van der Waals surface area contributed by atoms with Gasteiger partial charge in [0.15, 0.2) is 5.57 Å². The van der Waals surface area contributed by atoms with E-state index >= 15 is 0 Å². The molecule has 2 aliphatic heterocycles. The normalized spacial score (nSPS) is 17.4. The second-order valence-electron chi connectivity index (χ2n) is 10.6. The van der Waals surface area contributed by atoms with Crippen molar-refractivity contribution in [1.29, 1.82) is 0 Å². The standard InChI is InChI=1S/C36H32N4O5/c1-24-15-19-26(20-16-24)30-23-39(29-21-17-25(2)18-22-29)36(31(34(41)43-3)32(35(42)44-4)45-40(30)36)38-33(27-11-7-5-8-12-27)37-28-13-9-6-10-14-28/h5-23H,1-4H3,(H,37,38). The molecule has 0 amide bonds. The van der Waals surface area contributed by atoms with Gasteiger partial charge in [0.2, 0.25) is 0 Å². The number of para-hydroxylation sites is 1. The Morgan fingerprint density at radius 2 is 1.33 bits per heavy atom. The van der Waals surface area contributed by atoms with E-state index in [1.807, 2.05) is 134 Å². The molecule has 6 rings (SSSR count). The van der Waals surface area contributed by atoms with Crippen molar-refractivity contribution in [2.75, 3.05) is 24.4 Å². The number of hydrogen-bond acceptors (Lipinski definition) is 8. The van der Waals surface area contributed by atoms with Crippen LogP contribution in [-0.2, 0) is 23.9 Å². The predicted octanol–water partition coefficient (Wildman–Crippen LogP) is 6.18. The molecule has 0 spiro atoms. The predicted molar refractivity (Wildman–Crippen MR) is 173 cm³/mol. The van der Waals surface area contributed by atoms with Gasteiger partial charge in [0.05, 0.1) is 14.2 Å². The average Bonchev–Trinajstić information content (AvgIpc) is 3.57. The third kappa shape index (κ3) is 5.29. The fourth-order valence-corrected chi connectivity index (χ4v) is 5.32. The number of anilines is 2. The summed E-state index contributed by atoms with van der Waals surface area (Å²) < 4.78 is 10.4. The lowest BCUT2D eigenvalue weighted by Gasteiger charge is -2.38. The smallest absolute Gasteiger partial charge is 0.377 e. The van der Waals surface area contributed by atoms with Crippen LogP contribution in [0, 0.1) is 13.8 Å². The van der Waals surface area contributed by atoms with E-state index in [1.54, 1.807) is 0 Å². The minimum atomic E-state index is -1.78. The van der Waals surface area contributed by atoms with E-state index in [1.165, 1.54) is 19.3 Å². The fourth-order valence-electron chi connectivity index (χ4n) is 5.32. The number of fused-ring (bicyclic) bond motifs is 1. The van der Waals surface area contributed by atoms with Crippen LogP contribution in [0.5, 0.6) is 0 Å². The van der Waals surface area contributed by atoms with E-state index in [9.17, 15) is 9.59 Å². The maximum absolute atomic E-state index is 13.9. The lowest BCUT2D eigenvalue weighted by molar-refractivity contribution is -0.150. The molecule has 0 bridgehead atoms. The van der Waals surface area contributed by atoms with Crippen LogP contribution in [-0.4, -0.2) is 42.8 Å². The molecular weight excluding hydrogens is 568 g/mol. The number of carbonyl (C=O) groups is 2. The number of nitrogens with one attached hydrogen (secondary N) is 1. The van der Waals surface area contributed by atoms with E-state index in [0.29, 0.717) is 17.2 Å². The monoisotopic (exact) mass is 600 g/mol. The van der Waals surface area contributed by atoms with Crippen molar-refractivity contribution in [3.8, 4) is 0 Å². The summed E-state index contributed by atoms with van der Waals surface area (Å²) in [5.41, 5.74) is 5.52. The number of aliphatic imine (C=N–C) groups is 1. The quantitative estimate of drug-likeness (QED) is 0.153. The van der Waals surface area contributed by atoms with Gasteiger partial charge >= 0.3 is 11.9 Å². The Morgan fingerprint density at radius 3 is 1.93 bits per heavy atom. The lowest BCUT2D eigenvalue weighted by Crippen LogP contribution is -2.53. The summed E-state index contributed by atoms with van der Waals surface area (Å²) in [6.45, 7) is 3.99. The van der Waals surface area contributed by atoms with Crippen LogP contribution in [0.3, 0.4) is 0 Å². The molecule has 0 aliphatic carbocycles. The first-order valence-electron chi connectivity index (χ1n) is 14.4. The number of carbonyl (C=O) groups excluding carboxylic acids is 2. The van der Waals surface area contributed by atoms with Gasteiger partial charge < -0.3 is 19.6 Å². The molecule has 4 aromatic rings. The fraction of sp³-hybridized carbons (Fsp3) is 0.139. The highest BCUT2D eigenvalue weighted by Gasteiger charge is 2.63. The summed E-state index contributed by atoms with van der Waals surface area (Å²) in [6, 6.07) is 34.8. The third-order valence-electron chi connectivity index (χ3n) is 7.61. The molecule has 2 heterocycles. The summed E-state index contributed by atoms with van der Waals surface area (Å²) >= 11 is 0. The summed E-state index contributed by atoms with van der Waals surface area (Å²) in [4.78, 5) is 40.6. The van der Waals surface area contributed by atoms with Gasteiger partial charge in [-0.3, -0.25) is 4.90 Å². The number of benzene rings is 4. The van der Waals surface area contributed by atoms with Crippen LogP contribution >= 0.6 is 0 Å². The number of aryl methyl sites for hydroxylation is 2. The van der Waals surface area contributed by atoms with Gasteiger partial charge in [-0.25, -0.2) is 14.6 Å². The number of methoxy groups -OCH3 is 2. The van der Waals surface area contributed by atoms with Gasteiger partial charge in [-0.15, -0.1) is 0 Å². The van der Waals surface area contributed by atoms with Crippen LogP contribution in [0.15, 0.2) is 132 Å². The van der Waals surface area contributed by atoms with Crippen molar-refractivity contribution in [2.24, 2.45) is 4.99 Å². The number of ether oxygens (including phenoxy) is 2. The van der Waals surface area contributed by atoms with Gasteiger partial charge in [-0.05, 0) is 38.1 Å². The second kappa shape index (κ2) is 12.0. The van der Waals surface area contributed by atoms with Crippen LogP contribution in [0.4, 0.5) is 11.4 Å². The molecule has 4 aromatic carbocycles. The molecule has 0 saturated heterocycles. The molecule has 9 heteroatoms. The van der Waals surface area contributed by atoms with Crippen molar-refractivity contribution >= 4 is 34.8 Å². The largest absolute Gasteiger partial charge is 0.465 e. The highest BCUT2D eigenvalue weighted by molar-refractivity contribution is 6.10. The van der Waals surface area contributed by atoms with E-state index < -0.39 is 17.7 Å². The maximum Gasteiger partial charge on any atom is 0.377 e. The zero-order valence-corrected chi connectivity index (χ0v) is 25.4. The van der Waals surface area contributed by atoms with Gasteiger partial charge in [0, 0.05) is 28.7 Å². The Kier molecular flexibility index (Phi) is 7.83. The molecule has 9 nitrogen and oxygen atoms in total. The third-order valence-corrected chi connectivity index (χ3v) is 7.61. The number of rotatable bonds is 7. The Hall–Kier alpha value is -5.83. The highest BCUT2D eigenvalue weighted by atomic mass is 16.7. The first-order chi connectivity index (χ1) is 21.8. The molecule has 1 atom stereocenters. The van der Waals surface area contributed by atoms with Crippen LogP contribution < -0.4 is 10.2 Å². The molecule has 1 unspecified atom stereocenters. The molecule has 0 radical (unpaired) electrons. The summed E-state index contributed by atoms with van der Waals surface area (Å²) in [5, 5.41) is 4.91. The van der Waals surface area contributed by atoms with E-state index in [4.69, 9.17) is 19.3 Å². The summed E-state index contributed by atoms with van der Waals surface area (Å²) in [6.07, 6.45) is 1.86. The summed E-state index contributed by atoms with van der Waals surface area (Å²) in [5.74, 6) is -3.33. The average molecular weight is 601 g/mol. The minimum absolute atomic E-state index is 0.140. The van der Waals surface area contributed by atoms with Crippen molar-refractivity contribution in [3.63, 3.8) is 0 Å². The van der Waals surface area contributed by atoms with E-state index in [2.05, 4.69) is 5.32 Å². The SMILES string of the molecule is COC(=O)C1=C(C(=O)OC)C2(/N=C(\Nc3ccccc3)c3ccccc3)N(O1)C(c1ccc(C)cc1)=CN2c1ccc(C)cc1. The molecule has 226 valence electrons. The van der Waals surface area contributed by atoms with Gasteiger partial charge in [0.1, 0.15) is 11.5 Å². The number of hydroxylamine groups is 2.